The average molecular weight is 1180 g/mol. The molecule has 1 aliphatic heterocycles. The molecule has 21 heteroatoms. The Morgan fingerprint density at radius 3 is 1.50 bits per heavy atom. The van der Waals surface area contributed by atoms with Crippen molar-refractivity contribution in [3.63, 3.8) is 0 Å². The molecule has 0 spiro atoms. The van der Waals surface area contributed by atoms with E-state index in [1.54, 1.807) is 23.1 Å². The highest BCUT2D eigenvalue weighted by atomic mass is 31.2. The van der Waals surface area contributed by atoms with Crippen molar-refractivity contribution in [3.8, 4) is 0 Å². The topological polar surface area (TPSA) is 280 Å². The van der Waals surface area contributed by atoms with Gasteiger partial charge in [-0.1, -0.05) is 200 Å². The lowest BCUT2D eigenvalue weighted by Crippen LogP contribution is -2.52. The van der Waals surface area contributed by atoms with Crippen LogP contribution in [0.25, 0.3) is 0 Å². The number of carboxylic acids is 3. The zero-order chi connectivity index (χ0) is 59.9. The Kier molecular flexibility index (Phi) is 43.6. The molecule has 82 heavy (non-hydrogen) atoms. The highest BCUT2D eigenvalue weighted by Gasteiger charge is 2.27. The number of carbonyl (C=O) groups excluding carboxylic acids is 6. The normalized spacial score (nSPS) is 15.2. The summed E-state index contributed by atoms with van der Waals surface area (Å²) in [6.45, 7) is 2.26. The molecule has 1 aromatic rings. The fourth-order valence-electron chi connectivity index (χ4n) is 10.2. The lowest BCUT2D eigenvalue weighted by molar-refractivity contribution is -0.313. The minimum atomic E-state index is -4.79. The number of nitrogens with one attached hydrogen (secondary N) is 1. The molecule has 0 aromatic carbocycles. The molecule has 2 heterocycles. The smallest absolute Gasteiger partial charge is 0.472 e. The Balaban J connectivity index is 1.87. The van der Waals surface area contributed by atoms with Crippen LogP contribution in [0.2, 0.25) is 0 Å². The number of phosphoric ester groups is 1. The molecular formula is C61H105N5O15P-3. The van der Waals surface area contributed by atoms with Crippen LogP contribution in [0.15, 0.2) is 18.2 Å². The van der Waals surface area contributed by atoms with Crippen LogP contribution in [0.3, 0.4) is 0 Å². The number of hydrogen-bond acceptors (Lipinski definition) is 18. The number of pyridine rings is 1. The average Bonchev–Trinajstić information content (AvgIpc) is 3.56. The van der Waals surface area contributed by atoms with Gasteiger partial charge in [0.2, 0.25) is 5.91 Å². The number of rotatable bonds is 51. The number of hydrogen-bond donors (Lipinski definition) is 2. The second kappa shape index (κ2) is 48.2. The number of aromatic nitrogens is 1. The van der Waals surface area contributed by atoms with Gasteiger partial charge < -0.3 is 49.4 Å². The van der Waals surface area contributed by atoms with E-state index in [1.165, 1.54) is 145 Å². The molecule has 1 aliphatic rings. The van der Waals surface area contributed by atoms with Gasteiger partial charge in [-0.2, -0.15) is 0 Å². The molecule has 0 radical (unpaired) electrons. The van der Waals surface area contributed by atoms with Gasteiger partial charge in [0.25, 0.3) is 0 Å². The molecule has 1 amide bonds. The Morgan fingerprint density at radius 2 is 1.01 bits per heavy atom. The van der Waals surface area contributed by atoms with Gasteiger partial charge in [-0.15, -0.1) is 0 Å². The summed E-state index contributed by atoms with van der Waals surface area (Å²) >= 11 is 0. The molecule has 472 valence electrons. The van der Waals surface area contributed by atoms with Crippen molar-refractivity contribution in [2.45, 2.75) is 257 Å². The van der Waals surface area contributed by atoms with Gasteiger partial charge in [-0.3, -0.25) is 43.1 Å². The number of ether oxygens (including phenoxy) is 2. The number of nitrogens with zero attached hydrogens (tertiary/aromatic N) is 4. The van der Waals surface area contributed by atoms with Crippen molar-refractivity contribution >= 4 is 43.6 Å². The quantitative estimate of drug-likeness (QED) is 0.0360. The lowest BCUT2D eigenvalue weighted by Gasteiger charge is -2.35. The summed E-state index contributed by atoms with van der Waals surface area (Å²) < 4.78 is 34.3. The summed E-state index contributed by atoms with van der Waals surface area (Å²) in [6.07, 6.45) is 34.3. The van der Waals surface area contributed by atoms with E-state index in [0.29, 0.717) is 24.2 Å². The van der Waals surface area contributed by atoms with Gasteiger partial charge in [0.1, 0.15) is 6.61 Å². The molecule has 3 unspecified atom stereocenters. The highest BCUT2D eigenvalue weighted by molar-refractivity contribution is 7.47. The number of esters is 2. The third-order valence-corrected chi connectivity index (χ3v) is 15.9. The number of carboxylic acid groups (broad SMARTS) is 3. The van der Waals surface area contributed by atoms with Crippen LogP contribution in [-0.4, -0.2) is 138 Å². The second-order valence-electron chi connectivity index (χ2n) is 22.3. The van der Waals surface area contributed by atoms with Crippen LogP contribution in [-0.2, 0) is 64.9 Å². The zero-order valence-corrected chi connectivity index (χ0v) is 51.2. The Morgan fingerprint density at radius 1 is 0.573 bits per heavy atom. The Labute approximate surface area is 491 Å². The predicted molar refractivity (Wildman–Crippen MR) is 309 cm³/mol. The van der Waals surface area contributed by atoms with Crippen LogP contribution in [0.4, 0.5) is 0 Å². The van der Waals surface area contributed by atoms with Gasteiger partial charge >= 0.3 is 19.8 Å². The summed E-state index contributed by atoms with van der Waals surface area (Å²) in [6, 6.07) is 3.74. The van der Waals surface area contributed by atoms with E-state index in [2.05, 4.69) is 24.1 Å². The fraction of sp³-hybridized carbons (Fsp3) is 0.820. The van der Waals surface area contributed by atoms with E-state index in [9.17, 15) is 53.5 Å². The first-order valence-electron chi connectivity index (χ1n) is 31.6. The number of fused-ring (bicyclic) bond motifs is 2. The van der Waals surface area contributed by atoms with Crippen molar-refractivity contribution in [1.29, 1.82) is 0 Å². The number of carbonyl (C=O) groups is 6. The Hall–Kier alpha value is -4.04. The molecule has 2 bridgehead atoms. The molecule has 2 rings (SSSR count). The fourth-order valence-corrected chi connectivity index (χ4v) is 10.9. The second-order valence-corrected chi connectivity index (χ2v) is 23.8. The van der Waals surface area contributed by atoms with Crippen molar-refractivity contribution in [2.24, 2.45) is 0 Å². The number of phosphoric acid groups is 1. The summed E-state index contributed by atoms with van der Waals surface area (Å²) in [4.78, 5) is 94.1. The van der Waals surface area contributed by atoms with Crippen LogP contribution >= 0.6 is 7.82 Å². The lowest BCUT2D eigenvalue weighted by atomic mass is 10.0. The number of unbranched alkanes of at least 4 members (excludes halogenated alkanes) is 28. The summed E-state index contributed by atoms with van der Waals surface area (Å²) in [5.41, 5.74) is 0.952. The largest absolute Gasteiger partial charge is 0.549 e. The Bertz CT molecular complexity index is 1930. The highest BCUT2D eigenvalue weighted by Crippen LogP contribution is 2.43. The maximum atomic E-state index is 13.0. The third kappa shape index (κ3) is 41.1. The van der Waals surface area contributed by atoms with Gasteiger partial charge in [-0.25, -0.2) is 4.57 Å². The minimum absolute atomic E-state index is 0.0150. The number of amides is 1. The van der Waals surface area contributed by atoms with Crippen molar-refractivity contribution in [1.82, 2.24) is 25.0 Å². The predicted octanol–water partition coefficient (Wildman–Crippen LogP) is 7.63. The maximum absolute atomic E-state index is 13.0. The van der Waals surface area contributed by atoms with E-state index in [-0.39, 0.29) is 78.1 Å². The van der Waals surface area contributed by atoms with Gasteiger partial charge in [-0.05, 0) is 31.4 Å². The summed E-state index contributed by atoms with van der Waals surface area (Å²) in [5, 5.41) is 38.2. The zero-order valence-electron chi connectivity index (χ0n) is 50.3. The first-order valence-corrected chi connectivity index (χ1v) is 33.1. The summed E-state index contributed by atoms with van der Waals surface area (Å²) in [7, 11) is -4.79. The minimum Gasteiger partial charge on any atom is -0.549 e. The van der Waals surface area contributed by atoms with Crippen molar-refractivity contribution < 1.29 is 72.1 Å². The maximum Gasteiger partial charge on any atom is 0.472 e. The first kappa shape index (κ1) is 74.1. The summed E-state index contributed by atoms with van der Waals surface area (Å²) in [5.74, 6) is -5.78. The van der Waals surface area contributed by atoms with E-state index in [1.807, 2.05) is 0 Å². The van der Waals surface area contributed by atoms with E-state index in [4.69, 9.17) is 18.5 Å². The van der Waals surface area contributed by atoms with E-state index in [0.717, 1.165) is 44.9 Å². The van der Waals surface area contributed by atoms with Crippen LogP contribution in [0.5, 0.6) is 0 Å². The molecule has 0 saturated carbocycles. The van der Waals surface area contributed by atoms with Gasteiger partial charge in [0, 0.05) is 78.2 Å². The number of aliphatic carboxylic acids is 3. The van der Waals surface area contributed by atoms with Gasteiger partial charge in [0.15, 0.2) is 6.10 Å². The molecular weight excluding hydrogens is 1070 g/mol. The van der Waals surface area contributed by atoms with Crippen LogP contribution in [0.1, 0.15) is 244 Å². The van der Waals surface area contributed by atoms with Crippen LogP contribution in [0, 0.1) is 0 Å². The molecule has 3 atom stereocenters. The molecule has 0 aliphatic carbocycles. The van der Waals surface area contributed by atoms with Gasteiger partial charge in [0.05, 0.1) is 48.6 Å². The van der Waals surface area contributed by atoms with E-state index >= 15 is 0 Å². The molecule has 1 aromatic heterocycles. The van der Waals surface area contributed by atoms with E-state index < -0.39 is 82.0 Å². The molecule has 20 nitrogen and oxygen atoms in total. The first-order chi connectivity index (χ1) is 39.6. The molecule has 2 N–H and O–H groups in total. The monoisotopic (exact) mass is 1180 g/mol. The molecule has 0 saturated heterocycles. The van der Waals surface area contributed by atoms with Crippen molar-refractivity contribution in [2.75, 3.05) is 65.6 Å². The molecule has 0 fully saturated rings. The SMILES string of the molecule is CCCCCCCCCCCCCCCCCC(=O)OCC(COP(=O)(O)OCCNC(=O)CCC(C(=O)[O-])N1CCN(CC(=O)[O-])CCN(CC(=O)[O-])Cc2cccc(n2)C1)OC(=O)CCCCCCCCCCCCCCCCC. The third-order valence-electron chi connectivity index (χ3n) is 14.9. The standard InChI is InChI=1S/C61H108N5O15P/c1-3-5-7-9-11-13-15-17-19-21-23-25-27-29-31-36-59(72)78-50-54(81-60(73)37-32-30-28-26-24-22-20-18-16-14-12-10-8-6-4-2)51-80-82(76,77)79-45-40-62-56(67)39-38-55(61(74)75)66-44-43-64(48-57(68)69)41-42-65(49-58(70)71)46-52-34-33-35-53(47-66)63-52/h33-35,54-55H,3-32,36-51H2,1-2H3,(H,62,67)(H,68,69)(H,70,71)(H,74,75)(H,76,77)/p-3. The van der Waals surface area contributed by atoms with Crippen LogP contribution < -0.4 is 20.6 Å². The van der Waals surface area contributed by atoms with Crippen molar-refractivity contribution in [3.05, 3.63) is 29.6 Å².